The molecule has 118 valence electrons. The monoisotopic (exact) mass is 327 g/mol. The van der Waals surface area contributed by atoms with Gasteiger partial charge in [0.05, 0.1) is 21.2 Å². The molecule has 6 heteroatoms. The minimum atomic E-state index is -0.378. The van der Waals surface area contributed by atoms with Crippen LogP contribution in [0, 0.1) is 10.1 Å². The number of nitro groups is 1. The molecule has 0 aliphatic heterocycles. The SMILES string of the molecule is C[C@@H](c1nc2ccccc2s1)N(C)Cc1ccc([N+](=O)[O-])cc1. The normalized spacial score (nSPS) is 12.7. The van der Waals surface area contributed by atoms with E-state index in [4.69, 9.17) is 4.98 Å². The fourth-order valence-electron chi connectivity index (χ4n) is 2.41. The van der Waals surface area contributed by atoms with Gasteiger partial charge in [0, 0.05) is 18.7 Å². The molecule has 3 aromatic rings. The Morgan fingerprint density at radius 3 is 2.57 bits per heavy atom. The summed E-state index contributed by atoms with van der Waals surface area (Å²) in [6.45, 7) is 2.85. The van der Waals surface area contributed by atoms with E-state index in [-0.39, 0.29) is 16.7 Å². The van der Waals surface area contributed by atoms with E-state index in [0.29, 0.717) is 0 Å². The minimum absolute atomic E-state index is 0.121. The Hall–Kier alpha value is -2.31. The number of aromatic nitrogens is 1. The Balaban J connectivity index is 1.73. The van der Waals surface area contributed by atoms with E-state index in [1.54, 1.807) is 35.6 Å². The predicted octanol–water partition coefficient (Wildman–Crippen LogP) is 4.40. The van der Waals surface area contributed by atoms with Crippen LogP contribution in [0.5, 0.6) is 0 Å². The van der Waals surface area contributed by atoms with Crippen molar-refractivity contribution in [3.05, 3.63) is 69.2 Å². The third-order valence-corrected chi connectivity index (χ3v) is 5.11. The van der Waals surface area contributed by atoms with Crippen molar-refractivity contribution in [2.75, 3.05) is 7.05 Å². The van der Waals surface area contributed by atoms with Gasteiger partial charge in [-0.05, 0) is 31.7 Å². The molecule has 0 fully saturated rings. The van der Waals surface area contributed by atoms with E-state index in [1.165, 1.54) is 4.70 Å². The topological polar surface area (TPSA) is 59.3 Å². The van der Waals surface area contributed by atoms with Gasteiger partial charge in [-0.3, -0.25) is 15.0 Å². The van der Waals surface area contributed by atoms with Crippen LogP contribution in [0.15, 0.2) is 48.5 Å². The lowest BCUT2D eigenvalue weighted by atomic mass is 10.2. The van der Waals surface area contributed by atoms with Crippen molar-refractivity contribution in [1.29, 1.82) is 0 Å². The van der Waals surface area contributed by atoms with Gasteiger partial charge in [-0.2, -0.15) is 0 Å². The number of benzene rings is 2. The van der Waals surface area contributed by atoms with Gasteiger partial charge in [0.25, 0.3) is 5.69 Å². The second kappa shape index (κ2) is 6.44. The highest BCUT2D eigenvalue weighted by molar-refractivity contribution is 7.18. The first kappa shape index (κ1) is 15.6. The largest absolute Gasteiger partial charge is 0.293 e. The Morgan fingerprint density at radius 1 is 1.22 bits per heavy atom. The average Bonchev–Trinajstić information content (AvgIpc) is 2.98. The van der Waals surface area contributed by atoms with Crippen molar-refractivity contribution in [1.82, 2.24) is 9.88 Å². The number of nitro benzene ring substituents is 1. The van der Waals surface area contributed by atoms with E-state index in [1.807, 2.05) is 25.2 Å². The Bertz CT molecular complexity index is 796. The minimum Gasteiger partial charge on any atom is -0.293 e. The van der Waals surface area contributed by atoms with Gasteiger partial charge in [-0.1, -0.05) is 24.3 Å². The number of non-ortho nitro benzene ring substituents is 1. The molecule has 0 N–H and O–H groups in total. The summed E-state index contributed by atoms with van der Waals surface area (Å²) in [6.07, 6.45) is 0. The van der Waals surface area contributed by atoms with Crippen molar-refractivity contribution in [3.8, 4) is 0 Å². The smallest absolute Gasteiger partial charge is 0.269 e. The van der Waals surface area contributed by atoms with E-state index in [2.05, 4.69) is 17.9 Å². The summed E-state index contributed by atoms with van der Waals surface area (Å²) in [5.74, 6) is 0. The molecule has 5 nitrogen and oxygen atoms in total. The molecule has 1 atom stereocenters. The molecule has 3 rings (SSSR count). The van der Waals surface area contributed by atoms with Crippen LogP contribution in [0.2, 0.25) is 0 Å². The Labute approximate surface area is 138 Å². The summed E-state index contributed by atoms with van der Waals surface area (Å²) in [5, 5.41) is 11.8. The first-order valence-corrected chi connectivity index (χ1v) is 8.15. The van der Waals surface area contributed by atoms with Gasteiger partial charge >= 0.3 is 0 Å². The number of nitrogens with zero attached hydrogens (tertiary/aromatic N) is 3. The molecule has 0 aliphatic carbocycles. The zero-order chi connectivity index (χ0) is 16.4. The molecule has 0 radical (unpaired) electrons. The molecular formula is C17H17N3O2S. The van der Waals surface area contributed by atoms with Gasteiger partial charge in [-0.15, -0.1) is 11.3 Å². The molecule has 0 unspecified atom stereocenters. The molecule has 0 bridgehead atoms. The maximum atomic E-state index is 10.7. The van der Waals surface area contributed by atoms with Crippen molar-refractivity contribution in [3.63, 3.8) is 0 Å². The van der Waals surface area contributed by atoms with Crippen molar-refractivity contribution < 1.29 is 4.92 Å². The number of thiazole rings is 1. The van der Waals surface area contributed by atoms with Gasteiger partial charge < -0.3 is 0 Å². The highest BCUT2D eigenvalue weighted by atomic mass is 32.1. The maximum Gasteiger partial charge on any atom is 0.269 e. The summed E-state index contributed by atoms with van der Waals surface area (Å²) in [5.41, 5.74) is 2.20. The van der Waals surface area contributed by atoms with Crippen molar-refractivity contribution >= 4 is 27.2 Å². The molecule has 2 aromatic carbocycles. The lowest BCUT2D eigenvalue weighted by molar-refractivity contribution is -0.384. The van der Waals surface area contributed by atoms with Crippen LogP contribution in [-0.2, 0) is 6.54 Å². The highest BCUT2D eigenvalue weighted by Crippen LogP contribution is 2.29. The van der Waals surface area contributed by atoms with Crippen LogP contribution < -0.4 is 0 Å². The van der Waals surface area contributed by atoms with Crippen molar-refractivity contribution in [2.45, 2.75) is 19.5 Å². The van der Waals surface area contributed by atoms with Crippen LogP contribution in [0.4, 0.5) is 5.69 Å². The van der Waals surface area contributed by atoms with E-state index < -0.39 is 0 Å². The molecule has 0 saturated heterocycles. The number of fused-ring (bicyclic) bond motifs is 1. The Kier molecular flexibility index (Phi) is 4.36. The zero-order valence-corrected chi connectivity index (χ0v) is 13.8. The molecule has 0 amide bonds. The molecule has 23 heavy (non-hydrogen) atoms. The average molecular weight is 327 g/mol. The Morgan fingerprint density at radius 2 is 1.91 bits per heavy atom. The second-order valence-corrected chi connectivity index (χ2v) is 6.60. The van der Waals surface area contributed by atoms with Crippen LogP contribution in [-0.4, -0.2) is 21.9 Å². The number of rotatable bonds is 5. The quantitative estimate of drug-likeness (QED) is 0.515. The lowest BCUT2D eigenvalue weighted by Gasteiger charge is -2.22. The number of hydrogen-bond donors (Lipinski definition) is 0. The zero-order valence-electron chi connectivity index (χ0n) is 13.0. The van der Waals surface area contributed by atoms with Crippen LogP contribution in [0.3, 0.4) is 0 Å². The van der Waals surface area contributed by atoms with Gasteiger partial charge in [0.15, 0.2) is 0 Å². The van der Waals surface area contributed by atoms with Gasteiger partial charge in [0.2, 0.25) is 0 Å². The number of hydrogen-bond acceptors (Lipinski definition) is 5. The first-order valence-electron chi connectivity index (χ1n) is 7.33. The fraction of sp³-hybridized carbons (Fsp3) is 0.235. The van der Waals surface area contributed by atoms with Gasteiger partial charge in [0.1, 0.15) is 5.01 Å². The van der Waals surface area contributed by atoms with Crippen molar-refractivity contribution in [2.24, 2.45) is 0 Å². The van der Waals surface area contributed by atoms with E-state index in [9.17, 15) is 10.1 Å². The molecule has 0 aliphatic rings. The maximum absolute atomic E-state index is 10.7. The van der Waals surface area contributed by atoms with Crippen LogP contribution in [0.25, 0.3) is 10.2 Å². The molecule has 0 spiro atoms. The number of para-hydroxylation sites is 1. The highest BCUT2D eigenvalue weighted by Gasteiger charge is 2.16. The van der Waals surface area contributed by atoms with Gasteiger partial charge in [-0.25, -0.2) is 4.98 Å². The third kappa shape index (κ3) is 3.38. The van der Waals surface area contributed by atoms with Crippen LogP contribution >= 0.6 is 11.3 Å². The lowest BCUT2D eigenvalue weighted by Crippen LogP contribution is -2.21. The summed E-state index contributed by atoms with van der Waals surface area (Å²) >= 11 is 1.71. The molecule has 0 saturated carbocycles. The summed E-state index contributed by atoms with van der Waals surface area (Å²) in [6, 6.07) is 15.0. The summed E-state index contributed by atoms with van der Waals surface area (Å²) in [4.78, 5) is 17.2. The van der Waals surface area contributed by atoms with E-state index in [0.717, 1.165) is 22.6 Å². The third-order valence-electron chi connectivity index (χ3n) is 3.91. The first-order chi connectivity index (χ1) is 11.0. The standard InChI is InChI=1S/C17H17N3O2S/c1-12(17-18-15-5-3-4-6-16(15)23-17)19(2)11-13-7-9-14(10-8-13)20(21)22/h3-10,12H,11H2,1-2H3/t12-/m0/s1. The predicted molar refractivity (Wildman–Crippen MR) is 92.6 cm³/mol. The van der Waals surface area contributed by atoms with E-state index >= 15 is 0 Å². The van der Waals surface area contributed by atoms with Crippen LogP contribution in [0.1, 0.15) is 23.5 Å². The molecule has 1 heterocycles. The second-order valence-electron chi connectivity index (χ2n) is 5.53. The summed E-state index contributed by atoms with van der Waals surface area (Å²) in [7, 11) is 2.04. The fourth-order valence-corrected chi connectivity index (χ4v) is 3.49. The molecular weight excluding hydrogens is 310 g/mol. The molecule has 1 aromatic heterocycles. The summed E-state index contributed by atoms with van der Waals surface area (Å²) < 4.78 is 1.19.